The summed E-state index contributed by atoms with van der Waals surface area (Å²) in [6.45, 7) is 5.45. The van der Waals surface area contributed by atoms with E-state index in [4.69, 9.17) is 0 Å². The summed E-state index contributed by atoms with van der Waals surface area (Å²) in [5, 5.41) is 3.49. The number of benzene rings is 2. The fourth-order valence-corrected chi connectivity index (χ4v) is 3.01. The standard InChI is InChI=1S/C17H19N/c1-12-7-8-14(13(2)11-12)15-9-10-18-17-6-4-3-5-16(15)17/h3-8,11,15,18H,9-10H2,1-2H3. The van der Waals surface area contributed by atoms with Gasteiger partial charge in [0.2, 0.25) is 0 Å². The Morgan fingerprint density at radius 1 is 1.00 bits per heavy atom. The van der Waals surface area contributed by atoms with Crippen LogP contribution in [0.25, 0.3) is 0 Å². The third-order valence-corrected chi connectivity index (χ3v) is 3.89. The van der Waals surface area contributed by atoms with E-state index in [0.717, 1.165) is 6.54 Å². The first kappa shape index (κ1) is 11.3. The molecule has 0 bridgehead atoms. The van der Waals surface area contributed by atoms with Gasteiger partial charge in [0.1, 0.15) is 0 Å². The Hall–Kier alpha value is -1.76. The zero-order chi connectivity index (χ0) is 12.5. The minimum atomic E-state index is 0.544. The summed E-state index contributed by atoms with van der Waals surface area (Å²) in [5.74, 6) is 0.544. The van der Waals surface area contributed by atoms with Gasteiger partial charge in [-0.05, 0) is 43.0 Å². The third-order valence-electron chi connectivity index (χ3n) is 3.89. The lowest BCUT2D eigenvalue weighted by Gasteiger charge is -2.28. The predicted molar refractivity (Wildman–Crippen MR) is 77.3 cm³/mol. The second-order valence-corrected chi connectivity index (χ2v) is 5.22. The number of hydrogen-bond acceptors (Lipinski definition) is 1. The van der Waals surface area contributed by atoms with E-state index in [9.17, 15) is 0 Å². The number of aryl methyl sites for hydroxylation is 2. The molecule has 1 atom stereocenters. The Kier molecular flexibility index (Phi) is 2.83. The van der Waals surface area contributed by atoms with Crippen LogP contribution in [0.5, 0.6) is 0 Å². The molecule has 1 N–H and O–H groups in total. The van der Waals surface area contributed by atoms with E-state index in [1.54, 1.807) is 0 Å². The summed E-state index contributed by atoms with van der Waals surface area (Å²) in [7, 11) is 0. The first-order valence-corrected chi connectivity index (χ1v) is 6.65. The average molecular weight is 237 g/mol. The van der Waals surface area contributed by atoms with Crippen molar-refractivity contribution in [2.75, 3.05) is 11.9 Å². The maximum atomic E-state index is 3.49. The SMILES string of the molecule is Cc1ccc(C2CCNc3ccccc32)c(C)c1. The first-order valence-electron chi connectivity index (χ1n) is 6.65. The number of hydrogen-bond donors (Lipinski definition) is 1. The normalized spacial score (nSPS) is 18.0. The van der Waals surface area contributed by atoms with Crippen molar-refractivity contribution >= 4 is 5.69 Å². The van der Waals surface area contributed by atoms with Crippen LogP contribution in [0.3, 0.4) is 0 Å². The molecule has 92 valence electrons. The molecule has 0 fully saturated rings. The summed E-state index contributed by atoms with van der Waals surface area (Å²) in [4.78, 5) is 0. The first-order chi connectivity index (χ1) is 8.75. The number of nitrogens with one attached hydrogen (secondary N) is 1. The highest BCUT2D eigenvalue weighted by atomic mass is 14.9. The molecule has 0 aromatic heterocycles. The number of para-hydroxylation sites is 1. The van der Waals surface area contributed by atoms with E-state index in [1.165, 1.54) is 34.4 Å². The molecule has 0 amide bonds. The molecule has 0 saturated heterocycles. The van der Waals surface area contributed by atoms with E-state index in [2.05, 4.69) is 61.6 Å². The summed E-state index contributed by atoms with van der Waals surface area (Å²) < 4.78 is 0. The fourth-order valence-electron chi connectivity index (χ4n) is 3.01. The lowest BCUT2D eigenvalue weighted by Crippen LogP contribution is -2.18. The second-order valence-electron chi connectivity index (χ2n) is 5.22. The quantitative estimate of drug-likeness (QED) is 0.781. The van der Waals surface area contributed by atoms with Crippen molar-refractivity contribution in [3.05, 3.63) is 64.7 Å². The molecule has 1 unspecified atom stereocenters. The molecule has 1 nitrogen and oxygen atoms in total. The van der Waals surface area contributed by atoms with Crippen molar-refractivity contribution in [3.63, 3.8) is 0 Å². The molecule has 0 aliphatic carbocycles. The smallest absolute Gasteiger partial charge is 0.0379 e. The van der Waals surface area contributed by atoms with Crippen LogP contribution in [0, 0.1) is 13.8 Å². The molecule has 0 radical (unpaired) electrons. The summed E-state index contributed by atoms with van der Waals surface area (Å²) in [6, 6.07) is 15.5. The molecule has 1 aliphatic heterocycles. The van der Waals surface area contributed by atoms with Crippen LogP contribution in [0.15, 0.2) is 42.5 Å². The Bertz CT molecular complexity index is 572. The lowest BCUT2D eigenvalue weighted by molar-refractivity contribution is 0.716. The van der Waals surface area contributed by atoms with Crippen LogP contribution in [0.4, 0.5) is 5.69 Å². The molecule has 1 heteroatoms. The van der Waals surface area contributed by atoms with Crippen LogP contribution >= 0.6 is 0 Å². The van der Waals surface area contributed by atoms with E-state index in [0.29, 0.717) is 5.92 Å². The zero-order valence-corrected chi connectivity index (χ0v) is 11.0. The van der Waals surface area contributed by atoms with Gasteiger partial charge < -0.3 is 5.32 Å². The Balaban J connectivity index is 2.08. The van der Waals surface area contributed by atoms with E-state index in [1.807, 2.05) is 0 Å². The van der Waals surface area contributed by atoms with Gasteiger partial charge in [-0.3, -0.25) is 0 Å². The lowest BCUT2D eigenvalue weighted by atomic mass is 9.83. The van der Waals surface area contributed by atoms with Crippen molar-refractivity contribution in [1.29, 1.82) is 0 Å². The van der Waals surface area contributed by atoms with Gasteiger partial charge in [-0.2, -0.15) is 0 Å². The van der Waals surface area contributed by atoms with Gasteiger partial charge in [0.05, 0.1) is 0 Å². The maximum Gasteiger partial charge on any atom is 0.0379 e. The largest absolute Gasteiger partial charge is 0.385 e. The highest BCUT2D eigenvalue weighted by Gasteiger charge is 2.22. The number of anilines is 1. The van der Waals surface area contributed by atoms with Crippen molar-refractivity contribution in [2.24, 2.45) is 0 Å². The third kappa shape index (κ3) is 1.90. The Morgan fingerprint density at radius 3 is 2.67 bits per heavy atom. The van der Waals surface area contributed by atoms with Crippen LogP contribution in [0.2, 0.25) is 0 Å². The molecule has 1 heterocycles. The molecule has 1 aliphatic rings. The van der Waals surface area contributed by atoms with Crippen LogP contribution in [-0.2, 0) is 0 Å². The molecule has 18 heavy (non-hydrogen) atoms. The highest BCUT2D eigenvalue weighted by Crippen LogP contribution is 2.37. The van der Waals surface area contributed by atoms with Crippen molar-refractivity contribution in [1.82, 2.24) is 0 Å². The minimum absolute atomic E-state index is 0.544. The highest BCUT2D eigenvalue weighted by molar-refractivity contribution is 5.58. The molecule has 0 spiro atoms. The van der Waals surface area contributed by atoms with E-state index >= 15 is 0 Å². The van der Waals surface area contributed by atoms with Crippen molar-refractivity contribution in [2.45, 2.75) is 26.2 Å². The van der Waals surface area contributed by atoms with Crippen LogP contribution < -0.4 is 5.32 Å². The van der Waals surface area contributed by atoms with E-state index in [-0.39, 0.29) is 0 Å². The minimum Gasteiger partial charge on any atom is -0.385 e. The monoisotopic (exact) mass is 237 g/mol. The van der Waals surface area contributed by atoms with Crippen molar-refractivity contribution in [3.8, 4) is 0 Å². The predicted octanol–water partition coefficient (Wildman–Crippen LogP) is 4.25. The number of rotatable bonds is 1. The second kappa shape index (κ2) is 4.49. The Labute approximate surface area is 109 Å². The van der Waals surface area contributed by atoms with Crippen LogP contribution in [-0.4, -0.2) is 6.54 Å². The number of fused-ring (bicyclic) bond motifs is 1. The van der Waals surface area contributed by atoms with Gasteiger partial charge in [-0.25, -0.2) is 0 Å². The average Bonchev–Trinajstić information content (AvgIpc) is 2.38. The Morgan fingerprint density at radius 2 is 1.83 bits per heavy atom. The van der Waals surface area contributed by atoms with Gasteiger partial charge in [0.25, 0.3) is 0 Å². The molecule has 0 saturated carbocycles. The molecule has 2 aromatic rings. The molecular formula is C17H19N. The molecule has 3 rings (SSSR count). The van der Waals surface area contributed by atoms with Gasteiger partial charge >= 0.3 is 0 Å². The molecular weight excluding hydrogens is 218 g/mol. The summed E-state index contributed by atoms with van der Waals surface area (Å²) >= 11 is 0. The zero-order valence-electron chi connectivity index (χ0n) is 11.0. The topological polar surface area (TPSA) is 12.0 Å². The summed E-state index contributed by atoms with van der Waals surface area (Å²) in [5.41, 5.74) is 6.98. The van der Waals surface area contributed by atoms with E-state index < -0.39 is 0 Å². The van der Waals surface area contributed by atoms with Gasteiger partial charge in [0.15, 0.2) is 0 Å². The van der Waals surface area contributed by atoms with Gasteiger partial charge in [-0.1, -0.05) is 42.0 Å². The fraction of sp³-hybridized carbons (Fsp3) is 0.294. The van der Waals surface area contributed by atoms with Crippen LogP contribution in [0.1, 0.15) is 34.6 Å². The van der Waals surface area contributed by atoms with Crippen molar-refractivity contribution < 1.29 is 0 Å². The maximum absolute atomic E-state index is 3.49. The van der Waals surface area contributed by atoms with Gasteiger partial charge in [-0.15, -0.1) is 0 Å². The molecule has 2 aromatic carbocycles. The van der Waals surface area contributed by atoms with Gasteiger partial charge in [0, 0.05) is 18.2 Å². The summed E-state index contributed by atoms with van der Waals surface area (Å²) in [6.07, 6.45) is 1.18.